The molecule has 1 aliphatic rings. The zero-order valence-corrected chi connectivity index (χ0v) is 23.2. The van der Waals surface area contributed by atoms with Crippen LogP contribution < -0.4 is 10.2 Å². The van der Waals surface area contributed by atoms with Crippen LogP contribution in [-0.4, -0.2) is 58.5 Å². The Morgan fingerprint density at radius 1 is 1.32 bits per heavy atom. The largest absolute Gasteiger partial charge is 0.481 e. The number of thiazole rings is 1. The van der Waals surface area contributed by atoms with Gasteiger partial charge in [0.2, 0.25) is 0 Å². The van der Waals surface area contributed by atoms with Crippen molar-refractivity contribution in [1.82, 2.24) is 14.9 Å². The molecule has 37 heavy (non-hydrogen) atoms. The van der Waals surface area contributed by atoms with Gasteiger partial charge < -0.3 is 14.9 Å². The maximum atomic E-state index is 14.9. The molecule has 1 fully saturated rings. The lowest BCUT2D eigenvalue weighted by atomic mass is 9.97. The quantitative estimate of drug-likeness (QED) is 0.343. The fraction of sp³-hybridized carbons (Fsp3) is 0.440. The van der Waals surface area contributed by atoms with Crippen molar-refractivity contribution in [3.05, 3.63) is 45.0 Å². The van der Waals surface area contributed by atoms with Crippen molar-refractivity contribution in [2.45, 2.75) is 33.2 Å². The predicted molar refractivity (Wildman–Crippen MR) is 146 cm³/mol. The molecule has 198 valence electrons. The third-order valence-electron chi connectivity index (χ3n) is 6.04. The van der Waals surface area contributed by atoms with Crippen LogP contribution in [0.3, 0.4) is 0 Å². The first-order valence-electron chi connectivity index (χ1n) is 12.0. The molecule has 2 N–H and O–H groups in total. The Labute approximate surface area is 228 Å². The molecule has 0 bridgehead atoms. The molecule has 0 spiro atoms. The summed E-state index contributed by atoms with van der Waals surface area (Å²) in [6, 6.07) is 3.02. The number of thiophene rings is 1. The summed E-state index contributed by atoms with van der Waals surface area (Å²) >= 11 is 9.02. The zero-order chi connectivity index (χ0) is 26.7. The Hall–Kier alpha value is -2.60. The minimum atomic E-state index is -0.831. The third-order valence-corrected chi connectivity index (χ3v) is 8.28. The fourth-order valence-electron chi connectivity index (χ4n) is 4.37. The monoisotopic (exact) mass is 565 g/mol. The van der Waals surface area contributed by atoms with Crippen LogP contribution in [-0.2, 0) is 11.3 Å². The number of aromatic nitrogens is 2. The Morgan fingerprint density at radius 2 is 2.05 bits per heavy atom. The topological polar surface area (TPSA) is 98.7 Å². The van der Waals surface area contributed by atoms with E-state index in [4.69, 9.17) is 16.7 Å². The molecule has 8 nitrogen and oxygen atoms in total. The summed E-state index contributed by atoms with van der Waals surface area (Å²) in [6.45, 7) is 6.69. The number of carbonyl (C=O) groups excluding carboxylic acids is 1. The number of nitrogens with zero attached hydrogens (tertiary/aromatic N) is 4. The summed E-state index contributed by atoms with van der Waals surface area (Å²) < 4.78 is 14.9. The second-order valence-corrected chi connectivity index (χ2v) is 12.0. The molecule has 0 aromatic carbocycles. The number of rotatable bonds is 9. The van der Waals surface area contributed by atoms with Gasteiger partial charge in [0.25, 0.3) is 5.91 Å². The number of aliphatic carboxylic acids is 1. The van der Waals surface area contributed by atoms with E-state index in [0.717, 1.165) is 28.1 Å². The summed E-state index contributed by atoms with van der Waals surface area (Å²) in [7, 11) is 2.04. The maximum Gasteiger partial charge on any atom is 0.306 e. The molecule has 12 heteroatoms. The highest BCUT2D eigenvalue weighted by Gasteiger charge is 2.27. The van der Waals surface area contributed by atoms with Crippen LogP contribution >= 0.6 is 34.3 Å². The number of halogens is 2. The summed E-state index contributed by atoms with van der Waals surface area (Å²) in [5.41, 5.74) is 0.855. The minimum Gasteiger partial charge on any atom is -0.481 e. The molecule has 1 amide bonds. The first-order chi connectivity index (χ1) is 17.6. The molecule has 1 saturated heterocycles. The maximum absolute atomic E-state index is 14.9. The molecular formula is C25H29ClFN5O3S2. The van der Waals surface area contributed by atoms with Gasteiger partial charge in [0.1, 0.15) is 0 Å². The standard InChI is InChI=1S/C25H29ClFN5O3S2/c1-14(2)11-31(3)12-20-21(19-9-17(26)13-36-19)29-25(37-20)30-23(33)16-8-18(27)22(28-10-16)32-6-4-15(5-7-32)24(34)35/h8-10,13-15H,4-7,11-12H2,1-3H3,(H,34,35)(H,29,30,33). The number of carboxylic acids is 1. The molecule has 0 atom stereocenters. The second kappa shape index (κ2) is 11.8. The summed E-state index contributed by atoms with van der Waals surface area (Å²) in [6.07, 6.45) is 2.19. The minimum absolute atomic E-state index is 0.0797. The van der Waals surface area contributed by atoms with Crippen molar-refractivity contribution >= 4 is 57.1 Å². The lowest BCUT2D eigenvalue weighted by molar-refractivity contribution is -0.142. The predicted octanol–water partition coefficient (Wildman–Crippen LogP) is 5.70. The molecule has 3 aromatic rings. The summed E-state index contributed by atoms with van der Waals surface area (Å²) in [5, 5.41) is 14.8. The van der Waals surface area contributed by atoms with Crippen LogP contribution in [0.15, 0.2) is 23.7 Å². The van der Waals surface area contributed by atoms with E-state index in [9.17, 15) is 14.0 Å². The highest BCUT2D eigenvalue weighted by molar-refractivity contribution is 7.17. The number of carboxylic acid groups (broad SMARTS) is 1. The highest BCUT2D eigenvalue weighted by atomic mass is 35.5. The van der Waals surface area contributed by atoms with E-state index < -0.39 is 23.6 Å². The SMILES string of the molecule is CC(C)CN(C)Cc1sc(NC(=O)c2cnc(N3CCC(C(=O)O)CC3)c(F)c2)nc1-c1cc(Cl)cs1. The molecule has 0 aliphatic carbocycles. The number of anilines is 2. The summed E-state index contributed by atoms with van der Waals surface area (Å²) in [4.78, 5) is 38.8. The lowest BCUT2D eigenvalue weighted by Gasteiger charge is -2.31. The first-order valence-corrected chi connectivity index (χ1v) is 14.1. The molecule has 0 radical (unpaired) electrons. The van der Waals surface area contributed by atoms with Gasteiger partial charge in [-0.15, -0.1) is 11.3 Å². The van der Waals surface area contributed by atoms with E-state index in [-0.39, 0.29) is 11.4 Å². The Balaban J connectivity index is 1.49. The molecular weight excluding hydrogens is 537 g/mol. The van der Waals surface area contributed by atoms with Crippen LogP contribution in [0.1, 0.15) is 41.9 Å². The van der Waals surface area contributed by atoms with Crippen molar-refractivity contribution in [1.29, 1.82) is 0 Å². The van der Waals surface area contributed by atoms with E-state index >= 15 is 0 Å². The number of nitrogens with one attached hydrogen (secondary N) is 1. The zero-order valence-electron chi connectivity index (χ0n) is 20.8. The Morgan fingerprint density at radius 3 is 2.65 bits per heavy atom. The number of hydrogen-bond donors (Lipinski definition) is 2. The van der Waals surface area contributed by atoms with Gasteiger partial charge in [0.15, 0.2) is 16.8 Å². The molecule has 1 aliphatic heterocycles. The number of carbonyl (C=O) groups is 2. The number of piperidine rings is 1. The Kier molecular flexibility index (Phi) is 8.79. The van der Waals surface area contributed by atoms with E-state index in [0.29, 0.717) is 48.5 Å². The van der Waals surface area contributed by atoms with Gasteiger partial charge in [-0.05, 0) is 37.9 Å². The molecule has 4 heterocycles. The van der Waals surface area contributed by atoms with Crippen molar-refractivity contribution in [2.75, 3.05) is 36.9 Å². The molecule has 0 saturated carbocycles. The Bertz CT molecular complexity index is 1270. The van der Waals surface area contributed by atoms with E-state index in [1.165, 1.54) is 28.9 Å². The highest BCUT2D eigenvalue weighted by Crippen LogP contribution is 2.37. The second-order valence-electron chi connectivity index (χ2n) is 9.59. The van der Waals surface area contributed by atoms with E-state index in [1.54, 1.807) is 4.90 Å². The number of pyridine rings is 1. The van der Waals surface area contributed by atoms with Gasteiger partial charge in [0, 0.05) is 42.6 Å². The van der Waals surface area contributed by atoms with Crippen molar-refractivity contribution in [3.8, 4) is 10.6 Å². The average molecular weight is 566 g/mol. The van der Waals surface area contributed by atoms with Gasteiger partial charge in [-0.1, -0.05) is 36.8 Å². The fourth-order valence-corrected chi connectivity index (χ4v) is 6.58. The van der Waals surface area contributed by atoms with Gasteiger partial charge in [-0.2, -0.15) is 0 Å². The van der Waals surface area contributed by atoms with Crippen molar-refractivity contribution in [2.24, 2.45) is 11.8 Å². The lowest BCUT2D eigenvalue weighted by Crippen LogP contribution is -2.37. The molecule has 4 rings (SSSR count). The van der Waals surface area contributed by atoms with E-state index in [1.807, 2.05) is 18.5 Å². The van der Waals surface area contributed by atoms with Crippen LogP contribution in [0.25, 0.3) is 10.6 Å². The molecule has 0 unspecified atom stereocenters. The van der Waals surface area contributed by atoms with Gasteiger partial charge in [-0.3, -0.25) is 14.9 Å². The molecule has 3 aromatic heterocycles. The average Bonchev–Trinajstić information content (AvgIpc) is 3.44. The normalized spacial score (nSPS) is 14.5. The summed E-state index contributed by atoms with van der Waals surface area (Å²) in [5.74, 6) is -1.75. The van der Waals surface area contributed by atoms with Crippen LogP contribution in [0.4, 0.5) is 15.3 Å². The van der Waals surface area contributed by atoms with Gasteiger partial charge in [-0.25, -0.2) is 14.4 Å². The van der Waals surface area contributed by atoms with Crippen LogP contribution in [0, 0.1) is 17.7 Å². The van der Waals surface area contributed by atoms with Crippen LogP contribution in [0.5, 0.6) is 0 Å². The van der Waals surface area contributed by atoms with Crippen molar-refractivity contribution < 1.29 is 19.1 Å². The van der Waals surface area contributed by atoms with Gasteiger partial charge >= 0.3 is 5.97 Å². The third kappa shape index (κ3) is 6.84. The number of hydrogen-bond acceptors (Lipinski definition) is 8. The first kappa shape index (κ1) is 27.4. The van der Waals surface area contributed by atoms with Crippen LogP contribution in [0.2, 0.25) is 5.02 Å². The van der Waals surface area contributed by atoms with Crippen molar-refractivity contribution in [3.63, 3.8) is 0 Å². The number of amides is 1. The van der Waals surface area contributed by atoms with Gasteiger partial charge in [0.05, 0.1) is 27.1 Å². The van der Waals surface area contributed by atoms with E-state index in [2.05, 4.69) is 34.0 Å². The smallest absolute Gasteiger partial charge is 0.306 e.